The molecule has 0 aliphatic rings. The van der Waals surface area contributed by atoms with Crippen LogP contribution in [0.2, 0.25) is 0 Å². The van der Waals surface area contributed by atoms with Gasteiger partial charge in [0.25, 0.3) is 0 Å². The molecular weight excluding hydrogens is 142 g/mol. The third-order valence-corrected chi connectivity index (χ3v) is 1.19. The highest BCUT2D eigenvalue weighted by molar-refractivity contribution is 5.44. The monoisotopic (exact) mass is 157 g/mol. The highest BCUT2D eigenvalue weighted by Gasteiger charge is 1.84. The van der Waals surface area contributed by atoms with Gasteiger partial charge in [-0.1, -0.05) is 18.2 Å². The standard InChI is InChI=1S/C7H9N.H4N2.H2O/c1-6-4-2-3-5-7(6)8;1-2;/h2-5H,8H2,1H3;1-2H2;1H2. The van der Waals surface area contributed by atoms with Crippen molar-refractivity contribution < 1.29 is 5.48 Å². The van der Waals surface area contributed by atoms with Gasteiger partial charge in [0.05, 0.1) is 0 Å². The summed E-state index contributed by atoms with van der Waals surface area (Å²) in [6.07, 6.45) is 0. The Balaban J connectivity index is 0. The van der Waals surface area contributed by atoms with Crippen LogP contribution in [0.5, 0.6) is 0 Å². The first-order chi connectivity index (χ1) is 4.80. The van der Waals surface area contributed by atoms with Crippen LogP contribution < -0.4 is 17.4 Å². The highest BCUT2D eigenvalue weighted by Crippen LogP contribution is 2.06. The van der Waals surface area contributed by atoms with Gasteiger partial charge in [-0.2, -0.15) is 0 Å². The number of hydrogen-bond donors (Lipinski definition) is 3. The van der Waals surface area contributed by atoms with Gasteiger partial charge < -0.3 is 11.2 Å². The first kappa shape index (κ1) is 12.6. The van der Waals surface area contributed by atoms with E-state index in [1.54, 1.807) is 0 Å². The summed E-state index contributed by atoms with van der Waals surface area (Å²) in [5.41, 5.74) is 7.53. The van der Waals surface area contributed by atoms with Crippen LogP contribution in [0.4, 0.5) is 5.69 Å². The first-order valence-corrected chi connectivity index (χ1v) is 2.95. The predicted octanol–water partition coefficient (Wildman–Crippen LogP) is -0.429. The molecule has 0 atom stereocenters. The normalized spacial score (nSPS) is 7.18. The summed E-state index contributed by atoms with van der Waals surface area (Å²) in [5, 5.41) is 0. The van der Waals surface area contributed by atoms with Crippen molar-refractivity contribution in [3.05, 3.63) is 29.8 Å². The van der Waals surface area contributed by atoms with E-state index >= 15 is 0 Å². The number of nitrogen functional groups attached to an aromatic ring is 1. The Kier molecular flexibility index (Phi) is 8.01. The third kappa shape index (κ3) is 4.32. The SMILES string of the molecule is Cc1ccccc1N.NN.O. The maximum atomic E-state index is 5.52. The molecular formula is C7H15N3O. The lowest BCUT2D eigenvalue weighted by molar-refractivity contribution is 0.824. The number of anilines is 1. The van der Waals surface area contributed by atoms with Crippen LogP contribution in [-0.4, -0.2) is 5.48 Å². The van der Waals surface area contributed by atoms with Gasteiger partial charge in [-0.25, -0.2) is 0 Å². The fourth-order valence-corrected chi connectivity index (χ4v) is 0.587. The van der Waals surface area contributed by atoms with Crippen LogP contribution in [0.1, 0.15) is 5.56 Å². The van der Waals surface area contributed by atoms with Crippen molar-refractivity contribution >= 4 is 5.69 Å². The van der Waals surface area contributed by atoms with Crippen LogP contribution >= 0.6 is 0 Å². The molecule has 0 aromatic heterocycles. The van der Waals surface area contributed by atoms with Gasteiger partial charge in [-0.15, -0.1) is 0 Å². The molecule has 0 fully saturated rings. The average molecular weight is 157 g/mol. The molecule has 1 rings (SSSR count). The van der Waals surface area contributed by atoms with Gasteiger partial charge >= 0.3 is 0 Å². The molecule has 8 N–H and O–H groups in total. The molecule has 0 spiro atoms. The fraction of sp³-hybridized carbons (Fsp3) is 0.143. The van der Waals surface area contributed by atoms with Crippen molar-refractivity contribution in [1.29, 1.82) is 0 Å². The lowest BCUT2D eigenvalue weighted by Gasteiger charge is -1.93. The van der Waals surface area contributed by atoms with Crippen molar-refractivity contribution in [3.8, 4) is 0 Å². The van der Waals surface area contributed by atoms with Gasteiger partial charge in [0, 0.05) is 5.69 Å². The van der Waals surface area contributed by atoms with Gasteiger partial charge in [-0.3, -0.25) is 11.7 Å². The van der Waals surface area contributed by atoms with Crippen LogP contribution in [0.3, 0.4) is 0 Å². The molecule has 1 aromatic rings. The first-order valence-electron chi connectivity index (χ1n) is 2.95. The Bertz CT molecular complexity index is 170. The molecule has 4 nitrogen and oxygen atoms in total. The van der Waals surface area contributed by atoms with Crippen molar-refractivity contribution in [3.63, 3.8) is 0 Å². The van der Waals surface area contributed by atoms with Crippen LogP contribution in [-0.2, 0) is 0 Å². The quantitative estimate of drug-likeness (QED) is 0.270. The maximum absolute atomic E-state index is 5.52. The summed E-state index contributed by atoms with van der Waals surface area (Å²) in [5.74, 6) is 8.00. The minimum Gasteiger partial charge on any atom is -0.412 e. The van der Waals surface area contributed by atoms with Gasteiger partial charge in [0.1, 0.15) is 0 Å². The number of hydrazine groups is 1. The molecule has 0 heterocycles. The Morgan fingerprint density at radius 2 is 1.55 bits per heavy atom. The molecule has 0 aliphatic heterocycles. The van der Waals surface area contributed by atoms with Crippen LogP contribution in [0.25, 0.3) is 0 Å². The predicted molar refractivity (Wildman–Crippen MR) is 47.6 cm³/mol. The molecule has 64 valence electrons. The van der Waals surface area contributed by atoms with Crippen LogP contribution in [0.15, 0.2) is 24.3 Å². The lowest BCUT2D eigenvalue weighted by atomic mass is 10.2. The van der Waals surface area contributed by atoms with E-state index in [1.807, 2.05) is 31.2 Å². The maximum Gasteiger partial charge on any atom is 0.0343 e. The van der Waals surface area contributed by atoms with E-state index in [0.29, 0.717) is 0 Å². The largest absolute Gasteiger partial charge is 0.412 e. The van der Waals surface area contributed by atoms with E-state index in [0.717, 1.165) is 11.3 Å². The topological polar surface area (TPSA) is 110 Å². The summed E-state index contributed by atoms with van der Waals surface area (Å²) in [6.45, 7) is 2.00. The third-order valence-electron chi connectivity index (χ3n) is 1.19. The van der Waals surface area contributed by atoms with Gasteiger partial charge in [0.2, 0.25) is 0 Å². The molecule has 11 heavy (non-hydrogen) atoms. The Labute approximate surface area is 66.3 Å². The summed E-state index contributed by atoms with van der Waals surface area (Å²) >= 11 is 0. The second-order valence-corrected chi connectivity index (χ2v) is 1.86. The number of hydrogen-bond acceptors (Lipinski definition) is 3. The summed E-state index contributed by atoms with van der Waals surface area (Å²) in [4.78, 5) is 0. The lowest BCUT2D eigenvalue weighted by Crippen LogP contribution is -2.02. The molecule has 0 saturated heterocycles. The van der Waals surface area contributed by atoms with E-state index in [-0.39, 0.29) is 5.48 Å². The summed E-state index contributed by atoms with van der Waals surface area (Å²) < 4.78 is 0. The van der Waals surface area contributed by atoms with E-state index < -0.39 is 0 Å². The average Bonchev–Trinajstić information content (AvgIpc) is 2.00. The molecule has 0 amide bonds. The summed E-state index contributed by atoms with van der Waals surface area (Å²) in [7, 11) is 0. The van der Waals surface area contributed by atoms with Crippen LogP contribution in [0, 0.1) is 6.92 Å². The number of rotatable bonds is 0. The zero-order chi connectivity index (χ0) is 7.98. The Morgan fingerprint density at radius 1 is 1.09 bits per heavy atom. The zero-order valence-corrected chi connectivity index (χ0v) is 6.54. The molecule has 1 aromatic carbocycles. The molecule has 0 saturated carbocycles. The van der Waals surface area contributed by atoms with Crippen molar-refractivity contribution in [2.24, 2.45) is 11.7 Å². The molecule has 0 aliphatic carbocycles. The van der Waals surface area contributed by atoms with E-state index in [4.69, 9.17) is 5.73 Å². The number of benzene rings is 1. The van der Waals surface area contributed by atoms with Crippen molar-refractivity contribution in [2.75, 3.05) is 5.73 Å². The van der Waals surface area contributed by atoms with Gasteiger partial charge in [0.15, 0.2) is 0 Å². The van der Waals surface area contributed by atoms with Crippen molar-refractivity contribution in [2.45, 2.75) is 6.92 Å². The summed E-state index contributed by atoms with van der Waals surface area (Å²) in [6, 6.07) is 7.80. The number of para-hydroxylation sites is 1. The van der Waals surface area contributed by atoms with E-state index in [9.17, 15) is 0 Å². The number of aryl methyl sites for hydroxylation is 1. The Hall–Kier alpha value is -1.10. The minimum atomic E-state index is 0. The second kappa shape index (κ2) is 7.01. The fourth-order valence-electron chi connectivity index (χ4n) is 0.587. The molecule has 0 bridgehead atoms. The van der Waals surface area contributed by atoms with E-state index in [1.165, 1.54) is 0 Å². The Morgan fingerprint density at radius 3 is 1.82 bits per heavy atom. The van der Waals surface area contributed by atoms with Gasteiger partial charge in [-0.05, 0) is 18.6 Å². The molecule has 0 radical (unpaired) electrons. The smallest absolute Gasteiger partial charge is 0.0343 e. The highest BCUT2D eigenvalue weighted by atomic mass is 16.0. The second-order valence-electron chi connectivity index (χ2n) is 1.86. The molecule has 4 heteroatoms. The van der Waals surface area contributed by atoms with E-state index in [2.05, 4.69) is 11.7 Å². The number of nitrogens with two attached hydrogens (primary N) is 3. The minimum absolute atomic E-state index is 0. The zero-order valence-electron chi connectivity index (χ0n) is 6.54. The molecule has 0 unspecified atom stereocenters. The van der Waals surface area contributed by atoms with Crippen molar-refractivity contribution in [1.82, 2.24) is 0 Å².